The van der Waals surface area contributed by atoms with Gasteiger partial charge < -0.3 is 24.7 Å². The van der Waals surface area contributed by atoms with Crippen LogP contribution in [0, 0.1) is 26.7 Å². The molecule has 1 aliphatic heterocycles. The molecule has 0 saturated heterocycles. The number of carbonyl (C=O) groups is 1. The SMILES string of the molecule is Cc1cc(C)c(CNC(=O)c2cc(Cl)c3c(c2C)OC(C)(C2CCC(N(C)C)CC2)O3)c(=O)[nH]1. The summed E-state index contributed by atoms with van der Waals surface area (Å²) >= 11 is 6.56. The zero-order chi connectivity index (χ0) is 24.8. The molecule has 1 aromatic heterocycles. The van der Waals surface area contributed by atoms with Crippen LogP contribution in [0.3, 0.4) is 0 Å². The number of pyridine rings is 1. The minimum atomic E-state index is -0.810. The summed E-state index contributed by atoms with van der Waals surface area (Å²) in [5.41, 5.74) is 3.05. The molecule has 1 atom stereocenters. The van der Waals surface area contributed by atoms with Gasteiger partial charge in [-0.2, -0.15) is 0 Å². The number of H-pyrrole nitrogens is 1. The Balaban J connectivity index is 1.52. The Bertz CT molecular complexity index is 1170. The number of carbonyl (C=O) groups excluding carboxylic acids is 1. The second kappa shape index (κ2) is 9.27. The number of fused-ring (bicyclic) bond motifs is 1. The van der Waals surface area contributed by atoms with Crippen LogP contribution in [0.1, 0.15) is 65.3 Å². The van der Waals surface area contributed by atoms with E-state index in [2.05, 4.69) is 29.3 Å². The van der Waals surface area contributed by atoms with Crippen LogP contribution in [0.25, 0.3) is 0 Å². The Morgan fingerprint density at radius 1 is 1.15 bits per heavy atom. The highest BCUT2D eigenvalue weighted by molar-refractivity contribution is 6.33. The van der Waals surface area contributed by atoms with Gasteiger partial charge in [-0.15, -0.1) is 0 Å². The topological polar surface area (TPSA) is 83.7 Å². The van der Waals surface area contributed by atoms with Gasteiger partial charge in [0.1, 0.15) is 0 Å². The highest BCUT2D eigenvalue weighted by Crippen LogP contribution is 2.51. The predicted molar refractivity (Wildman–Crippen MR) is 133 cm³/mol. The fourth-order valence-electron chi connectivity index (χ4n) is 5.23. The molecule has 1 amide bonds. The molecule has 2 aliphatic rings. The number of aryl methyl sites for hydroxylation is 2. The largest absolute Gasteiger partial charge is 0.448 e. The standard InChI is InChI=1S/C26H34ClN3O4/c1-14-11-15(2)29-25(32)20(14)13-28-24(31)19-12-21(27)23-22(16(19)3)33-26(4,34-23)17-7-9-18(10-8-17)30(5)6/h11-12,17-18H,7-10,13H2,1-6H3,(H,28,31)(H,29,32). The Kier molecular flexibility index (Phi) is 6.71. The number of benzene rings is 1. The summed E-state index contributed by atoms with van der Waals surface area (Å²) in [4.78, 5) is 30.4. The Morgan fingerprint density at radius 3 is 2.41 bits per heavy atom. The number of hydrogen-bond donors (Lipinski definition) is 2. The van der Waals surface area contributed by atoms with Crippen molar-refractivity contribution >= 4 is 17.5 Å². The zero-order valence-electron chi connectivity index (χ0n) is 20.8. The first-order valence-electron chi connectivity index (χ1n) is 11.8. The lowest BCUT2D eigenvalue weighted by molar-refractivity contribution is -0.123. The molecule has 7 nitrogen and oxygen atoms in total. The summed E-state index contributed by atoms with van der Waals surface area (Å²) in [5.74, 6) is 0.137. The lowest BCUT2D eigenvalue weighted by atomic mass is 9.81. The fourth-order valence-corrected chi connectivity index (χ4v) is 5.46. The molecular weight excluding hydrogens is 454 g/mol. The van der Waals surface area contributed by atoms with Crippen molar-refractivity contribution in [3.63, 3.8) is 0 Å². The molecule has 0 radical (unpaired) electrons. The van der Waals surface area contributed by atoms with Gasteiger partial charge in [-0.3, -0.25) is 9.59 Å². The molecule has 8 heteroatoms. The van der Waals surface area contributed by atoms with E-state index in [9.17, 15) is 9.59 Å². The lowest BCUT2D eigenvalue weighted by Gasteiger charge is -2.39. The summed E-state index contributed by atoms with van der Waals surface area (Å²) in [6, 6.07) is 4.09. The Morgan fingerprint density at radius 2 is 1.79 bits per heavy atom. The average Bonchev–Trinajstić information content (AvgIpc) is 3.15. The third-order valence-electron chi connectivity index (χ3n) is 7.38. The molecule has 4 rings (SSSR count). The van der Waals surface area contributed by atoms with Crippen molar-refractivity contribution in [3.05, 3.63) is 55.5 Å². The van der Waals surface area contributed by atoms with E-state index in [0.717, 1.165) is 36.9 Å². The molecule has 0 bridgehead atoms. The van der Waals surface area contributed by atoms with Crippen LogP contribution in [0.4, 0.5) is 0 Å². The quantitative estimate of drug-likeness (QED) is 0.649. The van der Waals surface area contributed by atoms with Gasteiger partial charge >= 0.3 is 0 Å². The van der Waals surface area contributed by atoms with E-state index in [4.69, 9.17) is 21.1 Å². The molecule has 2 N–H and O–H groups in total. The molecule has 1 unspecified atom stereocenters. The zero-order valence-corrected chi connectivity index (χ0v) is 21.6. The van der Waals surface area contributed by atoms with Crippen LogP contribution in [-0.4, -0.2) is 41.7 Å². The number of halogens is 1. The third-order valence-corrected chi connectivity index (χ3v) is 7.66. The average molecular weight is 488 g/mol. The van der Waals surface area contributed by atoms with Crippen LogP contribution < -0.4 is 20.3 Å². The van der Waals surface area contributed by atoms with E-state index in [0.29, 0.717) is 39.3 Å². The van der Waals surface area contributed by atoms with Gasteiger partial charge in [0.25, 0.3) is 17.3 Å². The monoisotopic (exact) mass is 487 g/mol. The number of amides is 1. The van der Waals surface area contributed by atoms with E-state index in [1.165, 1.54) is 0 Å². The van der Waals surface area contributed by atoms with Crippen LogP contribution in [0.5, 0.6) is 11.5 Å². The first-order valence-corrected chi connectivity index (χ1v) is 12.2. The van der Waals surface area contributed by atoms with Crippen molar-refractivity contribution in [2.45, 2.75) is 71.8 Å². The highest BCUT2D eigenvalue weighted by atomic mass is 35.5. The van der Waals surface area contributed by atoms with E-state index in [-0.39, 0.29) is 23.9 Å². The van der Waals surface area contributed by atoms with E-state index in [1.807, 2.05) is 33.8 Å². The number of nitrogens with one attached hydrogen (secondary N) is 2. The number of aromatic nitrogens is 1. The Labute approximate surface area is 205 Å². The van der Waals surface area contributed by atoms with Gasteiger partial charge in [0.2, 0.25) is 0 Å². The molecule has 1 aliphatic carbocycles. The molecule has 34 heavy (non-hydrogen) atoms. The van der Waals surface area contributed by atoms with Crippen molar-refractivity contribution in [1.82, 2.24) is 15.2 Å². The van der Waals surface area contributed by atoms with Crippen molar-refractivity contribution in [1.29, 1.82) is 0 Å². The van der Waals surface area contributed by atoms with Crippen molar-refractivity contribution in [2.24, 2.45) is 5.92 Å². The first-order chi connectivity index (χ1) is 16.0. The summed E-state index contributed by atoms with van der Waals surface area (Å²) in [5, 5.41) is 3.20. The first kappa shape index (κ1) is 24.6. The van der Waals surface area contributed by atoms with Gasteiger partial charge in [-0.05, 0) is 78.2 Å². The van der Waals surface area contributed by atoms with E-state index >= 15 is 0 Å². The second-order valence-corrected chi connectivity index (χ2v) is 10.4. The molecule has 0 spiro atoms. The number of rotatable bonds is 5. The van der Waals surface area contributed by atoms with Gasteiger partial charge in [0, 0.05) is 47.8 Å². The summed E-state index contributed by atoms with van der Waals surface area (Å²) in [6.45, 7) is 7.62. The minimum Gasteiger partial charge on any atom is -0.448 e. The molecule has 1 saturated carbocycles. The number of ether oxygens (including phenoxy) is 2. The van der Waals surface area contributed by atoms with Crippen molar-refractivity contribution in [2.75, 3.05) is 14.1 Å². The van der Waals surface area contributed by atoms with E-state index < -0.39 is 5.79 Å². The maximum Gasteiger partial charge on any atom is 0.253 e. The highest BCUT2D eigenvalue weighted by Gasteiger charge is 2.47. The summed E-state index contributed by atoms with van der Waals surface area (Å²) in [7, 11) is 4.24. The lowest BCUT2D eigenvalue weighted by Crippen LogP contribution is -2.46. The van der Waals surface area contributed by atoms with Gasteiger partial charge in [-0.1, -0.05) is 11.6 Å². The predicted octanol–water partition coefficient (Wildman–Crippen LogP) is 4.49. The normalized spacial score (nSPS) is 23.9. The number of hydrogen-bond acceptors (Lipinski definition) is 5. The molecule has 2 aromatic rings. The van der Waals surface area contributed by atoms with Gasteiger partial charge in [0.15, 0.2) is 11.5 Å². The van der Waals surface area contributed by atoms with Crippen LogP contribution in [0.2, 0.25) is 5.02 Å². The van der Waals surface area contributed by atoms with Gasteiger partial charge in [0.05, 0.1) is 5.02 Å². The maximum atomic E-state index is 13.1. The molecule has 2 heterocycles. The van der Waals surface area contributed by atoms with Crippen LogP contribution >= 0.6 is 11.6 Å². The number of aromatic amines is 1. The summed E-state index contributed by atoms with van der Waals surface area (Å²) < 4.78 is 12.7. The van der Waals surface area contributed by atoms with Gasteiger partial charge in [-0.25, -0.2) is 0 Å². The fraction of sp³-hybridized carbons (Fsp3) is 0.538. The third kappa shape index (κ3) is 4.56. The molecule has 1 aromatic carbocycles. The van der Waals surface area contributed by atoms with Crippen LogP contribution in [0.15, 0.2) is 16.9 Å². The molecular formula is C26H34ClN3O4. The summed E-state index contributed by atoms with van der Waals surface area (Å²) in [6.07, 6.45) is 4.19. The second-order valence-electron chi connectivity index (χ2n) is 10.0. The van der Waals surface area contributed by atoms with Crippen molar-refractivity contribution < 1.29 is 14.3 Å². The van der Waals surface area contributed by atoms with Crippen LogP contribution in [-0.2, 0) is 6.54 Å². The maximum absolute atomic E-state index is 13.1. The number of nitrogens with zero attached hydrogens (tertiary/aromatic N) is 1. The van der Waals surface area contributed by atoms with E-state index in [1.54, 1.807) is 6.07 Å². The van der Waals surface area contributed by atoms with Crippen molar-refractivity contribution in [3.8, 4) is 11.5 Å². The molecule has 184 valence electrons. The Hall–Kier alpha value is -2.51. The molecule has 1 fully saturated rings. The minimum absolute atomic E-state index is 0.124. The smallest absolute Gasteiger partial charge is 0.253 e.